The normalized spacial score (nSPS) is 19.8. The summed E-state index contributed by atoms with van der Waals surface area (Å²) in [5.74, 6) is -0.646. The van der Waals surface area contributed by atoms with Gasteiger partial charge in [-0.3, -0.25) is 9.59 Å². The average molecular weight is 293 g/mol. The molecule has 0 bridgehead atoms. The Balaban J connectivity index is 2.32. The molecule has 0 saturated carbocycles. The van der Waals surface area contributed by atoms with Gasteiger partial charge in [-0.25, -0.2) is 0 Å². The van der Waals surface area contributed by atoms with Gasteiger partial charge >= 0.3 is 0 Å². The number of carbonyl (C=O) groups excluding carboxylic acids is 2. The molecule has 1 aromatic carbocycles. The summed E-state index contributed by atoms with van der Waals surface area (Å²) >= 11 is 17.3. The number of benzene rings is 1. The van der Waals surface area contributed by atoms with Crippen LogP contribution < -0.4 is 4.90 Å². The van der Waals surface area contributed by atoms with E-state index in [1.165, 1.54) is 4.90 Å². The van der Waals surface area contributed by atoms with E-state index in [1.54, 1.807) is 18.2 Å². The van der Waals surface area contributed by atoms with Crippen molar-refractivity contribution in [2.75, 3.05) is 11.4 Å². The predicted octanol–water partition coefficient (Wildman–Crippen LogP) is 3.11. The van der Waals surface area contributed by atoms with E-state index in [2.05, 4.69) is 0 Å². The second-order valence-corrected chi connectivity index (χ2v) is 4.94. The van der Waals surface area contributed by atoms with Gasteiger partial charge < -0.3 is 4.90 Å². The molecule has 1 atom stereocenters. The highest BCUT2D eigenvalue weighted by Crippen LogP contribution is 2.35. The molecule has 3 nitrogen and oxygen atoms in total. The second kappa shape index (κ2) is 4.84. The third kappa shape index (κ3) is 2.41. The van der Waals surface area contributed by atoms with Crippen LogP contribution in [0.1, 0.15) is 6.42 Å². The fourth-order valence-electron chi connectivity index (χ4n) is 1.79. The van der Waals surface area contributed by atoms with Crippen LogP contribution in [-0.2, 0) is 9.59 Å². The number of rotatable bonds is 2. The smallest absolute Gasteiger partial charge is 0.227 e. The van der Waals surface area contributed by atoms with E-state index in [4.69, 9.17) is 34.8 Å². The Hall–Kier alpha value is -0.770. The van der Waals surface area contributed by atoms with Crippen molar-refractivity contribution in [3.63, 3.8) is 0 Å². The van der Waals surface area contributed by atoms with Crippen LogP contribution in [0, 0.1) is 5.92 Å². The molecule has 0 spiro atoms. The fraction of sp³-hybridized carbons (Fsp3) is 0.273. The molecule has 0 N–H and O–H groups in total. The molecule has 1 aromatic rings. The zero-order valence-electron chi connectivity index (χ0n) is 8.62. The van der Waals surface area contributed by atoms with Crippen molar-refractivity contribution < 1.29 is 9.59 Å². The van der Waals surface area contributed by atoms with Crippen molar-refractivity contribution in [2.24, 2.45) is 5.92 Å². The van der Waals surface area contributed by atoms with Gasteiger partial charge in [0.2, 0.25) is 11.1 Å². The highest BCUT2D eigenvalue weighted by molar-refractivity contribution is 6.64. The van der Waals surface area contributed by atoms with Crippen molar-refractivity contribution in [3.05, 3.63) is 28.2 Å². The van der Waals surface area contributed by atoms with Crippen molar-refractivity contribution in [1.29, 1.82) is 0 Å². The summed E-state index contributed by atoms with van der Waals surface area (Å²) in [7, 11) is 0. The van der Waals surface area contributed by atoms with Gasteiger partial charge in [-0.1, -0.05) is 29.3 Å². The average Bonchev–Trinajstić information content (AvgIpc) is 2.65. The number of carbonyl (C=O) groups is 2. The van der Waals surface area contributed by atoms with Crippen molar-refractivity contribution in [3.8, 4) is 0 Å². The van der Waals surface area contributed by atoms with Gasteiger partial charge in [-0.05, 0) is 23.7 Å². The Bertz CT molecular complexity index is 490. The van der Waals surface area contributed by atoms with Crippen LogP contribution in [0.3, 0.4) is 0 Å². The molecule has 17 heavy (non-hydrogen) atoms. The number of amides is 1. The van der Waals surface area contributed by atoms with E-state index >= 15 is 0 Å². The van der Waals surface area contributed by atoms with Gasteiger partial charge in [0, 0.05) is 13.0 Å². The molecule has 6 heteroatoms. The van der Waals surface area contributed by atoms with Crippen LogP contribution in [-0.4, -0.2) is 17.7 Å². The van der Waals surface area contributed by atoms with Crippen molar-refractivity contribution in [2.45, 2.75) is 6.42 Å². The summed E-state index contributed by atoms with van der Waals surface area (Å²) in [5.41, 5.74) is 0.518. The fourth-order valence-corrected chi connectivity index (χ4v) is 2.34. The second-order valence-electron chi connectivity index (χ2n) is 3.78. The highest BCUT2D eigenvalue weighted by atomic mass is 35.5. The highest BCUT2D eigenvalue weighted by Gasteiger charge is 2.35. The van der Waals surface area contributed by atoms with E-state index in [9.17, 15) is 9.59 Å². The molecule has 1 amide bonds. The van der Waals surface area contributed by atoms with Crippen LogP contribution in [0.2, 0.25) is 10.0 Å². The molecule has 0 aromatic heterocycles. The van der Waals surface area contributed by atoms with Gasteiger partial charge in [0.25, 0.3) is 0 Å². The summed E-state index contributed by atoms with van der Waals surface area (Å²) in [6.07, 6.45) is 0.116. The maximum atomic E-state index is 11.8. The minimum Gasteiger partial charge on any atom is -0.310 e. The molecule has 0 radical (unpaired) electrons. The van der Waals surface area contributed by atoms with Gasteiger partial charge in [-0.15, -0.1) is 0 Å². The largest absolute Gasteiger partial charge is 0.310 e. The lowest BCUT2D eigenvalue weighted by Crippen LogP contribution is -2.25. The first kappa shape index (κ1) is 12.7. The molecule has 1 aliphatic rings. The van der Waals surface area contributed by atoms with Crippen LogP contribution in [0.5, 0.6) is 0 Å². The van der Waals surface area contributed by atoms with E-state index in [0.29, 0.717) is 15.7 Å². The zero-order chi connectivity index (χ0) is 12.6. The molecular formula is C11H8Cl3NO2. The van der Waals surface area contributed by atoms with E-state index in [1.807, 2.05) is 0 Å². The predicted molar refractivity (Wildman–Crippen MR) is 67.8 cm³/mol. The van der Waals surface area contributed by atoms with Gasteiger partial charge in [0.15, 0.2) is 0 Å². The molecule has 1 saturated heterocycles. The van der Waals surface area contributed by atoms with Crippen LogP contribution in [0.25, 0.3) is 0 Å². The molecule has 90 valence electrons. The molecule has 1 aliphatic heterocycles. The molecule has 1 heterocycles. The number of hydrogen-bond acceptors (Lipinski definition) is 2. The Morgan fingerprint density at radius 1 is 1.35 bits per heavy atom. The number of halogens is 3. The third-order valence-electron chi connectivity index (χ3n) is 2.67. The summed E-state index contributed by atoms with van der Waals surface area (Å²) in [5, 5.41) is 0.182. The Kier molecular flexibility index (Phi) is 3.61. The van der Waals surface area contributed by atoms with Crippen molar-refractivity contribution in [1.82, 2.24) is 0 Å². The molecule has 0 aliphatic carbocycles. The van der Waals surface area contributed by atoms with Crippen LogP contribution in [0.15, 0.2) is 18.2 Å². The lowest BCUT2D eigenvalue weighted by atomic mass is 10.1. The Labute approximate surface area is 113 Å². The van der Waals surface area contributed by atoms with E-state index < -0.39 is 11.2 Å². The van der Waals surface area contributed by atoms with Crippen LogP contribution in [0.4, 0.5) is 5.69 Å². The first-order valence-electron chi connectivity index (χ1n) is 4.94. The standard InChI is InChI=1S/C11H8Cl3NO2/c12-7-2-1-3-8(10(7)13)15-5-6(11(14)17)4-9(15)16/h1-3,6H,4-5H2. The monoisotopic (exact) mass is 291 g/mol. The quantitative estimate of drug-likeness (QED) is 0.785. The molecular weight excluding hydrogens is 284 g/mol. The lowest BCUT2D eigenvalue weighted by Gasteiger charge is -2.18. The maximum absolute atomic E-state index is 11.8. The minimum atomic E-state index is -0.501. The summed E-state index contributed by atoms with van der Waals surface area (Å²) in [6, 6.07) is 5.03. The SMILES string of the molecule is O=C(Cl)C1CC(=O)N(c2cccc(Cl)c2Cl)C1. The van der Waals surface area contributed by atoms with Gasteiger partial charge in [0.1, 0.15) is 0 Å². The number of nitrogens with zero attached hydrogens (tertiary/aromatic N) is 1. The third-order valence-corrected chi connectivity index (χ3v) is 3.79. The minimum absolute atomic E-state index is 0.116. The Morgan fingerprint density at radius 3 is 2.65 bits per heavy atom. The molecule has 2 rings (SSSR count). The van der Waals surface area contributed by atoms with Crippen molar-refractivity contribution >= 4 is 51.6 Å². The number of hydrogen-bond donors (Lipinski definition) is 0. The summed E-state index contributed by atoms with van der Waals surface area (Å²) in [6.45, 7) is 0.251. The first-order chi connectivity index (χ1) is 8.00. The molecule has 1 fully saturated rings. The van der Waals surface area contributed by atoms with E-state index in [0.717, 1.165) is 0 Å². The number of anilines is 1. The van der Waals surface area contributed by atoms with E-state index in [-0.39, 0.29) is 18.9 Å². The van der Waals surface area contributed by atoms with Gasteiger partial charge in [-0.2, -0.15) is 0 Å². The van der Waals surface area contributed by atoms with Gasteiger partial charge in [0.05, 0.1) is 21.7 Å². The molecule has 1 unspecified atom stereocenters. The summed E-state index contributed by atoms with van der Waals surface area (Å²) < 4.78 is 0. The zero-order valence-corrected chi connectivity index (χ0v) is 10.9. The topological polar surface area (TPSA) is 37.4 Å². The maximum Gasteiger partial charge on any atom is 0.227 e. The Morgan fingerprint density at radius 2 is 2.06 bits per heavy atom. The lowest BCUT2D eigenvalue weighted by molar-refractivity contribution is -0.120. The summed E-state index contributed by atoms with van der Waals surface area (Å²) in [4.78, 5) is 24.3. The van der Waals surface area contributed by atoms with Crippen LogP contribution >= 0.6 is 34.8 Å². The first-order valence-corrected chi connectivity index (χ1v) is 6.08.